The van der Waals surface area contributed by atoms with E-state index >= 15 is 0 Å². The lowest BCUT2D eigenvalue weighted by atomic mass is 10.0. The largest absolute Gasteiger partial charge is 0.433 e. The minimum atomic E-state index is -2.83. The molecule has 0 bridgehead atoms. The Bertz CT molecular complexity index is 633. The fourth-order valence-corrected chi connectivity index (χ4v) is 2.97. The van der Waals surface area contributed by atoms with Gasteiger partial charge in [-0.1, -0.05) is 30.3 Å². The van der Waals surface area contributed by atoms with Gasteiger partial charge in [0.1, 0.15) is 5.75 Å². The second-order valence-electron chi connectivity index (χ2n) is 5.36. The topological polar surface area (TPSA) is 38.5 Å². The zero-order valence-corrected chi connectivity index (χ0v) is 11.6. The third-order valence-electron chi connectivity index (χ3n) is 3.85. The van der Waals surface area contributed by atoms with Gasteiger partial charge in [0.15, 0.2) is 0 Å². The highest BCUT2D eigenvalue weighted by molar-refractivity contribution is 5.97. The molecule has 3 rings (SSSR count). The summed E-state index contributed by atoms with van der Waals surface area (Å²) in [5, 5.41) is 1.93. The predicted molar refractivity (Wildman–Crippen MR) is 80.0 cm³/mol. The molecule has 1 fully saturated rings. The molecule has 3 nitrogen and oxygen atoms in total. The quantitative estimate of drug-likeness (QED) is 0.942. The van der Waals surface area contributed by atoms with Crippen LogP contribution in [0.15, 0.2) is 36.4 Å². The number of anilines is 1. The van der Waals surface area contributed by atoms with E-state index in [9.17, 15) is 8.78 Å². The third kappa shape index (κ3) is 2.93. The number of nitrogens with zero attached hydrogens (tertiary/aromatic N) is 1. The minimum Gasteiger partial charge on any atom is -0.433 e. The van der Waals surface area contributed by atoms with E-state index in [0.717, 1.165) is 35.8 Å². The number of hydrogen-bond donors (Lipinski definition) is 1. The van der Waals surface area contributed by atoms with Gasteiger partial charge in [-0.3, -0.25) is 0 Å². The Kier molecular flexibility index (Phi) is 3.92. The van der Waals surface area contributed by atoms with Crippen molar-refractivity contribution in [3.63, 3.8) is 0 Å². The van der Waals surface area contributed by atoms with Crippen molar-refractivity contribution in [1.82, 2.24) is 0 Å². The SMILES string of the molecule is NC1CCCN(c2c(OC(F)F)ccc3ccccc23)C1. The van der Waals surface area contributed by atoms with Gasteiger partial charge < -0.3 is 15.4 Å². The second kappa shape index (κ2) is 5.85. The highest BCUT2D eigenvalue weighted by atomic mass is 19.3. The minimum absolute atomic E-state index is 0.0668. The number of ether oxygens (including phenoxy) is 1. The first-order valence-electron chi connectivity index (χ1n) is 7.12. The number of halogens is 2. The van der Waals surface area contributed by atoms with Gasteiger partial charge in [0.2, 0.25) is 0 Å². The Balaban J connectivity index is 2.10. The van der Waals surface area contributed by atoms with Crippen molar-refractivity contribution >= 4 is 16.5 Å². The molecule has 0 aromatic heterocycles. The molecule has 5 heteroatoms. The molecular formula is C16H18F2N2O. The molecular weight excluding hydrogens is 274 g/mol. The monoisotopic (exact) mass is 292 g/mol. The van der Waals surface area contributed by atoms with Crippen molar-refractivity contribution in [2.75, 3.05) is 18.0 Å². The molecule has 1 aliphatic heterocycles. The summed E-state index contributed by atoms with van der Waals surface area (Å²) >= 11 is 0. The lowest BCUT2D eigenvalue weighted by molar-refractivity contribution is -0.0494. The van der Waals surface area contributed by atoms with Crippen LogP contribution >= 0.6 is 0 Å². The number of piperidine rings is 1. The fraction of sp³-hybridized carbons (Fsp3) is 0.375. The Morgan fingerprint density at radius 3 is 2.76 bits per heavy atom. The van der Waals surface area contributed by atoms with Crippen LogP contribution < -0.4 is 15.4 Å². The van der Waals surface area contributed by atoms with Gasteiger partial charge in [-0.05, 0) is 24.3 Å². The lowest BCUT2D eigenvalue weighted by Gasteiger charge is -2.34. The van der Waals surface area contributed by atoms with Gasteiger partial charge in [0.25, 0.3) is 0 Å². The van der Waals surface area contributed by atoms with Crippen molar-refractivity contribution in [1.29, 1.82) is 0 Å². The summed E-state index contributed by atoms with van der Waals surface area (Å²) in [6.45, 7) is -1.36. The van der Waals surface area contributed by atoms with E-state index < -0.39 is 6.61 Å². The fourth-order valence-electron chi connectivity index (χ4n) is 2.97. The maximum atomic E-state index is 12.7. The number of nitrogens with two attached hydrogens (primary N) is 1. The van der Waals surface area contributed by atoms with Crippen LogP contribution in [0.2, 0.25) is 0 Å². The standard InChI is InChI=1S/C16H18F2N2O/c17-16(18)21-14-8-7-11-4-1-2-6-13(11)15(14)20-9-3-5-12(19)10-20/h1-2,4,6-8,12,16H,3,5,9-10,19H2. The van der Waals surface area contributed by atoms with Crippen LogP contribution in [0.3, 0.4) is 0 Å². The van der Waals surface area contributed by atoms with Crippen LogP contribution in [-0.2, 0) is 0 Å². The normalized spacial score (nSPS) is 19.2. The molecule has 0 amide bonds. The van der Waals surface area contributed by atoms with Gasteiger partial charge >= 0.3 is 6.61 Å². The van der Waals surface area contributed by atoms with E-state index in [1.54, 1.807) is 12.1 Å². The van der Waals surface area contributed by atoms with Crippen molar-refractivity contribution in [2.45, 2.75) is 25.5 Å². The second-order valence-corrected chi connectivity index (χ2v) is 5.36. The summed E-state index contributed by atoms with van der Waals surface area (Å²) in [5.74, 6) is 0.220. The molecule has 0 spiro atoms. The average molecular weight is 292 g/mol. The smallest absolute Gasteiger partial charge is 0.387 e. The first-order chi connectivity index (χ1) is 10.1. The highest BCUT2D eigenvalue weighted by Crippen LogP contribution is 2.38. The molecule has 1 saturated heterocycles. The van der Waals surface area contributed by atoms with Gasteiger partial charge in [0.05, 0.1) is 5.69 Å². The van der Waals surface area contributed by atoms with Gasteiger partial charge in [0, 0.05) is 24.5 Å². The van der Waals surface area contributed by atoms with Crippen molar-refractivity contribution < 1.29 is 13.5 Å². The van der Waals surface area contributed by atoms with Gasteiger partial charge in [-0.15, -0.1) is 0 Å². The number of fused-ring (bicyclic) bond motifs is 1. The number of hydrogen-bond acceptors (Lipinski definition) is 3. The third-order valence-corrected chi connectivity index (χ3v) is 3.85. The van der Waals surface area contributed by atoms with Crippen molar-refractivity contribution in [3.05, 3.63) is 36.4 Å². The molecule has 2 N–H and O–H groups in total. The van der Waals surface area contributed by atoms with Crippen LogP contribution in [0.4, 0.5) is 14.5 Å². The highest BCUT2D eigenvalue weighted by Gasteiger charge is 2.23. The zero-order chi connectivity index (χ0) is 14.8. The van der Waals surface area contributed by atoms with Crippen LogP contribution in [-0.4, -0.2) is 25.7 Å². The molecule has 0 saturated carbocycles. The van der Waals surface area contributed by atoms with Crippen LogP contribution in [0, 0.1) is 0 Å². The molecule has 21 heavy (non-hydrogen) atoms. The summed E-state index contributed by atoms with van der Waals surface area (Å²) in [4.78, 5) is 2.06. The molecule has 1 heterocycles. The first-order valence-corrected chi connectivity index (χ1v) is 7.12. The van der Waals surface area contributed by atoms with Crippen LogP contribution in [0.5, 0.6) is 5.75 Å². The van der Waals surface area contributed by atoms with Crippen molar-refractivity contribution in [2.24, 2.45) is 5.73 Å². The van der Waals surface area contributed by atoms with E-state index in [4.69, 9.17) is 10.5 Å². The molecule has 2 aromatic carbocycles. The molecule has 0 radical (unpaired) electrons. The average Bonchev–Trinajstić information content (AvgIpc) is 2.46. The summed E-state index contributed by atoms with van der Waals surface area (Å²) in [6.07, 6.45) is 1.92. The van der Waals surface area contributed by atoms with Crippen LogP contribution in [0.25, 0.3) is 10.8 Å². The lowest BCUT2D eigenvalue weighted by Crippen LogP contribution is -2.43. The Labute approximate surface area is 122 Å². The maximum Gasteiger partial charge on any atom is 0.387 e. The Hall–Kier alpha value is -1.88. The number of benzene rings is 2. The summed E-state index contributed by atoms with van der Waals surface area (Å²) in [6, 6.07) is 11.2. The Morgan fingerprint density at radius 1 is 1.19 bits per heavy atom. The summed E-state index contributed by atoms with van der Waals surface area (Å²) in [5.41, 5.74) is 6.75. The molecule has 1 atom stereocenters. The molecule has 112 valence electrons. The van der Waals surface area contributed by atoms with E-state index in [0.29, 0.717) is 6.54 Å². The molecule has 2 aromatic rings. The van der Waals surface area contributed by atoms with E-state index in [1.807, 2.05) is 24.3 Å². The zero-order valence-electron chi connectivity index (χ0n) is 11.6. The summed E-state index contributed by atoms with van der Waals surface area (Å²) in [7, 11) is 0. The molecule has 0 aliphatic carbocycles. The van der Waals surface area contributed by atoms with Crippen LogP contribution in [0.1, 0.15) is 12.8 Å². The molecule has 1 unspecified atom stereocenters. The maximum absolute atomic E-state index is 12.7. The number of rotatable bonds is 3. The summed E-state index contributed by atoms with van der Waals surface area (Å²) < 4.78 is 30.1. The van der Waals surface area contributed by atoms with E-state index in [2.05, 4.69) is 4.90 Å². The van der Waals surface area contributed by atoms with E-state index in [1.165, 1.54) is 0 Å². The predicted octanol–water partition coefficient (Wildman–Crippen LogP) is 3.37. The Morgan fingerprint density at radius 2 is 2.00 bits per heavy atom. The van der Waals surface area contributed by atoms with Gasteiger partial charge in [-0.2, -0.15) is 8.78 Å². The van der Waals surface area contributed by atoms with Crippen molar-refractivity contribution in [3.8, 4) is 5.75 Å². The number of alkyl halides is 2. The van der Waals surface area contributed by atoms with Gasteiger partial charge in [-0.25, -0.2) is 0 Å². The van der Waals surface area contributed by atoms with E-state index in [-0.39, 0.29) is 11.8 Å². The molecule has 1 aliphatic rings. The first kappa shape index (κ1) is 14.1.